The summed E-state index contributed by atoms with van der Waals surface area (Å²) >= 11 is 1.03. The number of rotatable bonds is 12. The van der Waals surface area contributed by atoms with Gasteiger partial charge in [0.25, 0.3) is 0 Å². The number of alkyl halides is 6. The summed E-state index contributed by atoms with van der Waals surface area (Å²) in [6.45, 7) is 0. The molecule has 0 amide bonds. The van der Waals surface area contributed by atoms with Gasteiger partial charge in [0, 0.05) is 11.1 Å². The Labute approximate surface area is 279 Å². The first-order valence-electron chi connectivity index (χ1n) is 13.8. The molecule has 48 heavy (non-hydrogen) atoms. The topological polar surface area (TPSA) is 61.6 Å². The number of hydrogen-bond donors (Lipinski definition) is 0. The fraction of sp³-hybridized carbons (Fsp3) is 0.0588. The van der Waals surface area contributed by atoms with Crippen molar-refractivity contribution in [1.82, 2.24) is 0 Å². The molecule has 0 heterocycles. The second kappa shape index (κ2) is 15.7. The molecule has 0 aliphatic rings. The average molecular weight is 701 g/mol. The molecule has 0 aliphatic carbocycles. The molecule has 6 nitrogen and oxygen atoms in total. The van der Waals surface area contributed by atoms with E-state index in [9.17, 15) is 26.3 Å². The molecule has 5 aromatic rings. The number of oxime groups is 2. The van der Waals surface area contributed by atoms with Gasteiger partial charge < -0.3 is 18.0 Å². The van der Waals surface area contributed by atoms with Crippen LogP contribution in [-0.4, -0.2) is 23.8 Å². The van der Waals surface area contributed by atoms with E-state index in [1.807, 2.05) is 0 Å². The van der Waals surface area contributed by atoms with Crippen LogP contribution in [0, 0.1) is 0 Å². The van der Waals surface area contributed by atoms with Crippen LogP contribution in [0.3, 0.4) is 0 Å². The van der Waals surface area contributed by atoms with E-state index in [2.05, 4.69) is 10.3 Å². The minimum absolute atomic E-state index is 0.252. The van der Waals surface area contributed by atoms with Crippen LogP contribution in [0.25, 0.3) is 0 Å². The number of hydrogen-bond acceptors (Lipinski definition) is 8. The summed E-state index contributed by atoms with van der Waals surface area (Å²) < 4.78 is 104. The molecule has 0 atom stereocenters. The van der Waals surface area contributed by atoms with E-state index in [0.717, 1.165) is 0 Å². The maximum Gasteiger partial charge on any atom is 0.437 e. The maximum atomic E-state index is 13.8. The third kappa shape index (κ3) is 9.96. The highest BCUT2D eigenvalue weighted by Crippen LogP contribution is 2.31. The summed E-state index contributed by atoms with van der Waals surface area (Å²) in [6.07, 6.45) is -9.67. The lowest BCUT2D eigenvalue weighted by atomic mass is 10.1. The van der Waals surface area contributed by atoms with Gasteiger partial charge in [-0.15, -0.1) is 0 Å². The van der Waals surface area contributed by atoms with Gasteiger partial charge in [0.15, 0.2) is 11.4 Å². The SMILES string of the molecule is FC(F)(F)/C(=N\OSc1cccc(SO/N=C(/c2ccc(Oc3ccccc3)cc2)C(F)(F)F)c1)c1ccc(Oc2ccccc2)cc1. The Morgan fingerprint density at radius 3 is 1.15 bits per heavy atom. The Hall–Kier alpha value is -5.08. The van der Waals surface area contributed by atoms with Crippen molar-refractivity contribution in [2.45, 2.75) is 22.1 Å². The summed E-state index contributed by atoms with van der Waals surface area (Å²) in [5.41, 5.74) is -3.05. The molecular formula is C34H22F6N2O4S2. The second-order valence-corrected chi connectivity index (χ2v) is 11.1. The third-order valence-corrected chi connectivity index (χ3v) is 7.27. The Kier molecular flexibility index (Phi) is 11.2. The van der Waals surface area contributed by atoms with Gasteiger partial charge in [0.1, 0.15) is 47.1 Å². The van der Waals surface area contributed by atoms with Crippen LogP contribution < -0.4 is 9.47 Å². The molecule has 0 spiro atoms. The van der Waals surface area contributed by atoms with Gasteiger partial charge in [-0.3, -0.25) is 0 Å². The number of nitrogens with zero attached hydrogens (tertiary/aromatic N) is 2. The summed E-state index contributed by atoms with van der Waals surface area (Å²) in [5, 5.41) is 6.60. The zero-order valence-corrected chi connectivity index (χ0v) is 25.9. The van der Waals surface area contributed by atoms with Gasteiger partial charge in [-0.2, -0.15) is 26.3 Å². The van der Waals surface area contributed by atoms with Crippen molar-refractivity contribution in [2.24, 2.45) is 10.3 Å². The normalized spacial score (nSPS) is 12.4. The first-order chi connectivity index (χ1) is 23.0. The molecule has 0 unspecified atom stereocenters. The highest BCUT2D eigenvalue weighted by Gasteiger charge is 2.39. The van der Waals surface area contributed by atoms with Crippen LogP contribution in [0.1, 0.15) is 11.1 Å². The van der Waals surface area contributed by atoms with Crippen molar-refractivity contribution in [3.63, 3.8) is 0 Å². The van der Waals surface area contributed by atoms with Crippen LogP contribution in [-0.2, 0) is 8.57 Å². The summed E-state index contributed by atoms with van der Waals surface area (Å²) in [4.78, 5) is 0.601. The van der Waals surface area contributed by atoms with Crippen LogP contribution >= 0.6 is 24.1 Å². The zero-order valence-electron chi connectivity index (χ0n) is 24.3. The Morgan fingerprint density at radius 1 is 0.438 bits per heavy atom. The first-order valence-corrected chi connectivity index (χ1v) is 15.3. The second-order valence-electron chi connectivity index (χ2n) is 9.54. The maximum absolute atomic E-state index is 13.8. The lowest BCUT2D eigenvalue weighted by molar-refractivity contribution is -0.0605. The van der Waals surface area contributed by atoms with Gasteiger partial charge in [0.05, 0.1) is 9.79 Å². The molecule has 0 saturated carbocycles. The zero-order chi connectivity index (χ0) is 34.0. The van der Waals surface area contributed by atoms with Crippen LogP contribution in [0.2, 0.25) is 0 Å². The standard InChI is InChI=1S/C34H22F6N2O4S2/c35-33(36,37)31(23-14-18-27(19-15-23)43-25-8-3-1-4-9-25)41-45-47-29-12-7-13-30(22-29)48-46-42-32(34(38,39)40)24-16-20-28(21-17-24)44-26-10-5-2-6-11-26/h1-22H/b41-31-,42-32-. The average Bonchev–Trinajstić information content (AvgIpc) is 3.06. The quantitative estimate of drug-likeness (QED) is 0.0559. The number of para-hydroxylation sites is 2. The van der Waals surface area contributed by atoms with Gasteiger partial charge in [-0.05, 0) is 91.0 Å². The van der Waals surface area contributed by atoms with E-state index in [1.165, 1.54) is 72.8 Å². The fourth-order valence-corrected chi connectivity index (χ4v) is 5.01. The molecule has 0 saturated heterocycles. The highest BCUT2D eigenvalue weighted by atomic mass is 32.2. The largest absolute Gasteiger partial charge is 0.457 e. The predicted molar refractivity (Wildman–Crippen MR) is 171 cm³/mol. The van der Waals surface area contributed by atoms with E-state index in [4.69, 9.17) is 18.0 Å². The number of halogens is 6. The lowest BCUT2D eigenvalue weighted by Gasteiger charge is -2.11. The molecule has 0 bridgehead atoms. The lowest BCUT2D eigenvalue weighted by Crippen LogP contribution is -2.24. The van der Waals surface area contributed by atoms with Crippen LogP contribution in [0.5, 0.6) is 23.0 Å². The van der Waals surface area contributed by atoms with Gasteiger partial charge in [-0.1, -0.05) is 52.8 Å². The summed E-state index contributed by atoms with van der Waals surface area (Å²) in [7, 11) is 0. The Morgan fingerprint density at radius 2 is 0.792 bits per heavy atom. The van der Waals surface area contributed by atoms with Crippen molar-refractivity contribution >= 4 is 35.5 Å². The molecule has 246 valence electrons. The molecule has 5 aromatic carbocycles. The minimum Gasteiger partial charge on any atom is -0.457 e. The smallest absolute Gasteiger partial charge is 0.437 e. The van der Waals surface area contributed by atoms with E-state index in [-0.39, 0.29) is 11.1 Å². The van der Waals surface area contributed by atoms with Crippen LogP contribution in [0.4, 0.5) is 26.3 Å². The van der Waals surface area contributed by atoms with E-state index >= 15 is 0 Å². The number of ether oxygens (including phenoxy) is 2. The van der Waals surface area contributed by atoms with Crippen molar-refractivity contribution in [3.8, 4) is 23.0 Å². The van der Waals surface area contributed by atoms with E-state index < -0.39 is 23.8 Å². The third-order valence-electron chi connectivity index (χ3n) is 6.08. The predicted octanol–water partition coefficient (Wildman–Crippen LogP) is 11.3. The highest BCUT2D eigenvalue weighted by molar-refractivity contribution is 7.95. The molecule has 0 radical (unpaired) electrons. The number of benzene rings is 5. The van der Waals surface area contributed by atoms with Gasteiger partial charge in [-0.25, -0.2) is 0 Å². The molecule has 5 rings (SSSR count). The molecule has 0 N–H and O–H groups in total. The summed E-state index contributed by atoms with van der Waals surface area (Å²) in [5.74, 6) is 1.70. The van der Waals surface area contributed by atoms with Crippen molar-refractivity contribution in [3.05, 3.63) is 145 Å². The van der Waals surface area contributed by atoms with E-state index in [1.54, 1.807) is 60.7 Å². The first kappa shape index (κ1) is 34.3. The molecule has 0 fully saturated rings. The Balaban J connectivity index is 1.20. The minimum atomic E-state index is -4.84. The molecule has 0 aromatic heterocycles. The van der Waals surface area contributed by atoms with Crippen LogP contribution in [0.15, 0.2) is 154 Å². The van der Waals surface area contributed by atoms with E-state index in [0.29, 0.717) is 56.9 Å². The molecule has 14 heteroatoms. The Bertz CT molecular complexity index is 1700. The van der Waals surface area contributed by atoms with Gasteiger partial charge in [0.2, 0.25) is 0 Å². The van der Waals surface area contributed by atoms with Gasteiger partial charge >= 0.3 is 12.4 Å². The molecule has 0 aliphatic heterocycles. The fourth-order valence-electron chi connectivity index (χ4n) is 3.92. The monoisotopic (exact) mass is 700 g/mol. The van der Waals surface area contributed by atoms with Crippen molar-refractivity contribution in [2.75, 3.05) is 0 Å². The van der Waals surface area contributed by atoms with Crippen molar-refractivity contribution in [1.29, 1.82) is 0 Å². The molecular weight excluding hydrogens is 679 g/mol. The van der Waals surface area contributed by atoms with Crippen molar-refractivity contribution < 1.29 is 44.4 Å². The summed E-state index contributed by atoms with van der Waals surface area (Å²) in [6, 6.07) is 33.7.